The average Bonchev–Trinajstić information content (AvgIpc) is 3.38. The molecule has 0 bridgehead atoms. The summed E-state index contributed by atoms with van der Waals surface area (Å²) in [7, 11) is 1.49. The number of benzene rings is 1. The van der Waals surface area contributed by atoms with Crippen LogP contribution < -0.4 is 15.1 Å². The van der Waals surface area contributed by atoms with Crippen LogP contribution in [0.2, 0.25) is 0 Å². The molecule has 2 fully saturated rings. The number of aromatic nitrogens is 1. The van der Waals surface area contributed by atoms with E-state index in [0.717, 1.165) is 31.6 Å². The maximum atomic E-state index is 13.2. The molecule has 0 atom stereocenters. The van der Waals surface area contributed by atoms with Crippen molar-refractivity contribution in [2.75, 3.05) is 29.9 Å². The third kappa shape index (κ3) is 6.04. The van der Waals surface area contributed by atoms with Gasteiger partial charge in [0.05, 0.1) is 0 Å². The Morgan fingerprint density at radius 1 is 0.917 bits per heavy atom. The largest absolute Gasteiger partial charge is 0.433 e. The molecule has 1 N–H and O–H groups in total. The predicted molar refractivity (Wildman–Crippen MR) is 124 cm³/mol. The number of hydrogen-bond acceptors (Lipinski definition) is 4. The molecule has 1 aliphatic carbocycles. The van der Waals surface area contributed by atoms with E-state index in [0.29, 0.717) is 43.4 Å². The molecule has 0 unspecified atom stereocenters. The topological polar surface area (TPSA) is 48.5 Å². The molecule has 1 aromatic carbocycles. The molecule has 2 aliphatic rings. The molecule has 2 aromatic rings. The Balaban J connectivity index is 1.36. The molecule has 1 saturated carbocycles. The molecule has 2 heterocycles. The zero-order valence-electron chi connectivity index (χ0n) is 19.8. The Morgan fingerprint density at radius 3 is 1.94 bits per heavy atom. The number of carbonyl (C=O) groups excluding carboxylic acids is 1. The summed E-state index contributed by atoms with van der Waals surface area (Å²) in [5.41, 5.74) is -1.69. The van der Waals surface area contributed by atoms with Crippen LogP contribution in [0.5, 0.6) is 0 Å². The average molecular weight is 515 g/mol. The molecule has 4 rings (SSSR count). The molecule has 1 aromatic heterocycles. The number of carbonyl (C=O) groups is 1. The van der Waals surface area contributed by atoms with Crippen molar-refractivity contribution in [1.29, 1.82) is 0 Å². The van der Waals surface area contributed by atoms with E-state index in [1.54, 1.807) is 12.1 Å². The highest BCUT2D eigenvalue weighted by atomic mass is 19.4. The van der Waals surface area contributed by atoms with Crippen LogP contribution in [0, 0.1) is 0 Å². The van der Waals surface area contributed by atoms with Crippen LogP contribution >= 0.6 is 0 Å². The van der Waals surface area contributed by atoms with Crippen molar-refractivity contribution >= 4 is 17.3 Å². The van der Waals surface area contributed by atoms with Gasteiger partial charge in [-0.3, -0.25) is 4.79 Å². The van der Waals surface area contributed by atoms with Gasteiger partial charge >= 0.3 is 12.4 Å². The lowest BCUT2D eigenvalue weighted by molar-refractivity contribution is -0.150. The molecular weight excluding hydrogens is 486 g/mol. The van der Waals surface area contributed by atoms with Gasteiger partial charge in [0.25, 0.3) is 5.91 Å². The Kier molecular flexibility index (Phi) is 7.38. The molecule has 5 nitrogen and oxygen atoms in total. The van der Waals surface area contributed by atoms with Gasteiger partial charge in [-0.25, -0.2) is 4.98 Å². The zero-order valence-corrected chi connectivity index (χ0v) is 19.8. The summed E-state index contributed by atoms with van der Waals surface area (Å²) in [5.74, 6) is -0.196. The molecule has 1 amide bonds. The Hall–Kier alpha value is -2.98. The lowest BCUT2D eigenvalue weighted by Crippen LogP contribution is -2.43. The summed E-state index contributed by atoms with van der Waals surface area (Å²) >= 11 is 0. The second kappa shape index (κ2) is 10.2. The molecule has 1 aliphatic heterocycles. The van der Waals surface area contributed by atoms with Gasteiger partial charge in [-0.1, -0.05) is 0 Å². The Labute approximate surface area is 205 Å². The highest BCUT2D eigenvalue weighted by Gasteiger charge is 2.39. The first kappa shape index (κ1) is 26.1. The molecule has 0 radical (unpaired) electrons. The van der Waals surface area contributed by atoms with Crippen LogP contribution in [0.3, 0.4) is 0 Å². The summed E-state index contributed by atoms with van der Waals surface area (Å²) in [5, 5.41) is 3.00. The van der Waals surface area contributed by atoms with E-state index in [9.17, 15) is 31.1 Å². The summed E-state index contributed by atoms with van der Waals surface area (Å²) in [6, 6.07) is 8.38. The van der Waals surface area contributed by atoms with E-state index < -0.39 is 23.7 Å². The van der Waals surface area contributed by atoms with Crippen LogP contribution in [-0.2, 0) is 12.4 Å². The van der Waals surface area contributed by atoms with Gasteiger partial charge in [0, 0.05) is 49.2 Å². The van der Waals surface area contributed by atoms with Crippen molar-refractivity contribution in [3.05, 3.63) is 53.3 Å². The van der Waals surface area contributed by atoms with E-state index in [2.05, 4.69) is 15.2 Å². The first-order chi connectivity index (χ1) is 16.9. The van der Waals surface area contributed by atoms with Gasteiger partial charge < -0.3 is 15.1 Å². The van der Waals surface area contributed by atoms with Gasteiger partial charge in [-0.15, -0.1) is 0 Å². The third-order valence-corrected chi connectivity index (χ3v) is 6.98. The minimum absolute atomic E-state index is 0.116. The van der Waals surface area contributed by atoms with E-state index in [-0.39, 0.29) is 23.7 Å². The van der Waals surface area contributed by atoms with Crippen LogP contribution in [0.4, 0.5) is 37.7 Å². The number of anilines is 2. The van der Waals surface area contributed by atoms with Crippen molar-refractivity contribution in [3.63, 3.8) is 0 Å². The van der Waals surface area contributed by atoms with Gasteiger partial charge in [0.1, 0.15) is 11.4 Å². The fourth-order valence-corrected chi connectivity index (χ4v) is 4.90. The number of pyridine rings is 1. The summed E-state index contributed by atoms with van der Waals surface area (Å²) < 4.78 is 79.0. The molecule has 1 saturated heterocycles. The number of hydrogen-bond donors (Lipinski definition) is 1. The molecule has 11 heteroatoms. The van der Waals surface area contributed by atoms with E-state index in [1.807, 2.05) is 12.1 Å². The highest BCUT2D eigenvalue weighted by molar-refractivity contribution is 5.94. The zero-order chi connectivity index (χ0) is 26.1. The fraction of sp³-hybridized carbons (Fsp3) is 0.520. The number of halogens is 6. The lowest BCUT2D eigenvalue weighted by atomic mass is 9.90. The normalized spacial score (nSPS) is 20.9. The lowest BCUT2D eigenvalue weighted by Gasteiger charge is -2.36. The summed E-state index contributed by atoms with van der Waals surface area (Å²) in [6.45, 7) is 2.02. The molecule has 196 valence electrons. The minimum atomic E-state index is -4.99. The van der Waals surface area contributed by atoms with Gasteiger partial charge in [-0.05, 0) is 74.9 Å². The SMILES string of the molecule is CN(c1cc(C(F)(F)F)nc(C(F)(F)F)c1)[C@H]1CC[C@@H](NC(=O)c2ccc(N3CCCC3)cc2)CC1. The highest BCUT2D eigenvalue weighted by Crippen LogP contribution is 2.37. The van der Waals surface area contributed by atoms with Crippen LogP contribution in [0.15, 0.2) is 36.4 Å². The Bertz CT molecular complexity index is 1020. The maximum Gasteiger partial charge on any atom is 0.433 e. The third-order valence-electron chi connectivity index (χ3n) is 6.98. The maximum absolute atomic E-state index is 13.2. The second-order valence-electron chi connectivity index (χ2n) is 9.42. The first-order valence-electron chi connectivity index (χ1n) is 12.0. The monoisotopic (exact) mass is 514 g/mol. The van der Waals surface area contributed by atoms with Crippen LogP contribution in [0.1, 0.15) is 60.3 Å². The van der Waals surface area contributed by atoms with Gasteiger partial charge in [0.2, 0.25) is 0 Å². The molecular formula is C25H28F6N4O. The van der Waals surface area contributed by atoms with E-state index in [1.165, 1.54) is 11.9 Å². The number of rotatable bonds is 5. The smallest absolute Gasteiger partial charge is 0.372 e. The van der Waals surface area contributed by atoms with Gasteiger partial charge in [0.15, 0.2) is 0 Å². The molecule has 36 heavy (non-hydrogen) atoms. The standard InChI is InChI=1S/C25H28F6N4O/c1-34(20-14-21(24(26,27)28)33-22(15-20)25(29,30)31)18-10-6-17(7-11-18)32-23(36)16-4-8-19(9-5-16)35-12-2-3-13-35/h4-5,8-9,14-15,17-18H,2-3,6-7,10-13H2,1H3,(H,32,36)/t17-,18+. The van der Waals surface area contributed by atoms with Crippen LogP contribution in [-0.4, -0.2) is 43.1 Å². The van der Waals surface area contributed by atoms with E-state index >= 15 is 0 Å². The van der Waals surface area contributed by atoms with Gasteiger partial charge in [-0.2, -0.15) is 26.3 Å². The first-order valence-corrected chi connectivity index (χ1v) is 12.0. The fourth-order valence-electron chi connectivity index (χ4n) is 4.90. The van der Waals surface area contributed by atoms with E-state index in [4.69, 9.17) is 0 Å². The molecule has 0 spiro atoms. The second-order valence-corrected chi connectivity index (χ2v) is 9.42. The number of nitrogens with one attached hydrogen (secondary N) is 1. The quantitative estimate of drug-likeness (QED) is 0.505. The minimum Gasteiger partial charge on any atom is -0.372 e. The number of alkyl halides is 6. The van der Waals surface area contributed by atoms with Crippen molar-refractivity contribution in [1.82, 2.24) is 10.3 Å². The number of amides is 1. The summed E-state index contributed by atoms with van der Waals surface area (Å²) in [4.78, 5) is 19.2. The summed E-state index contributed by atoms with van der Waals surface area (Å²) in [6.07, 6.45) is -5.51. The van der Waals surface area contributed by atoms with Crippen molar-refractivity contribution < 1.29 is 31.1 Å². The van der Waals surface area contributed by atoms with Crippen LogP contribution in [0.25, 0.3) is 0 Å². The predicted octanol–water partition coefficient (Wildman–Crippen LogP) is 5.90. The Morgan fingerprint density at radius 2 is 1.44 bits per heavy atom. The van der Waals surface area contributed by atoms with Crippen molar-refractivity contribution in [2.24, 2.45) is 0 Å². The van der Waals surface area contributed by atoms with Crippen molar-refractivity contribution in [3.8, 4) is 0 Å². The van der Waals surface area contributed by atoms with Crippen molar-refractivity contribution in [2.45, 2.75) is 63.0 Å². The number of nitrogens with zero attached hydrogens (tertiary/aromatic N) is 3.